The van der Waals surface area contributed by atoms with Crippen molar-refractivity contribution < 1.29 is 33.2 Å². The summed E-state index contributed by atoms with van der Waals surface area (Å²) in [6.07, 6.45) is 33.8. The molecule has 3 aliphatic carbocycles. The zero-order chi connectivity index (χ0) is 101. The minimum Gasteiger partial charge on any atom is -0.490 e. The molecule has 768 valence electrons. The first-order chi connectivity index (χ1) is 67.7. The minimum absolute atomic E-state index is 0.691. The lowest BCUT2D eigenvalue weighted by molar-refractivity contribution is 0.110. The van der Waals surface area contributed by atoms with Gasteiger partial charge in [0.25, 0.3) is 0 Å². The Hall–Kier alpha value is -10.3. The van der Waals surface area contributed by atoms with Crippen LogP contribution in [-0.2, 0) is 217 Å². The van der Waals surface area contributed by atoms with Crippen LogP contribution >= 0.6 is 35.3 Å². The van der Waals surface area contributed by atoms with Gasteiger partial charge in [0.2, 0.25) is 17.6 Å². The Morgan fingerprint density at radius 2 is 0.461 bits per heavy atom. The van der Waals surface area contributed by atoms with Crippen molar-refractivity contribution in [1.82, 2.24) is 127 Å². The Kier molecular flexibility index (Phi) is 37.2. The number of ether oxygens (including phenoxy) is 7. The monoisotopic (exact) mass is 1990 g/mol. The van der Waals surface area contributed by atoms with E-state index in [9.17, 15) is 0 Å². The normalized spacial score (nSPS) is 16.2. The molecule has 26 rings (SSSR count). The Bertz CT molecular complexity index is 5560. The van der Waals surface area contributed by atoms with Crippen molar-refractivity contribution >= 4 is 35.3 Å². The molecule has 141 heavy (non-hydrogen) atoms. The van der Waals surface area contributed by atoms with E-state index in [4.69, 9.17) is 33.2 Å². The molecule has 10 aliphatic heterocycles. The van der Waals surface area contributed by atoms with Gasteiger partial charge in [0, 0.05) is 224 Å². The van der Waals surface area contributed by atoms with Crippen LogP contribution in [0.3, 0.4) is 0 Å². The predicted molar refractivity (Wildman–Crippen MR) is 557 cm³/mol. The van der Waals surface area contributed by atoms with Gasteiger partial charge in [-0.05, 0) is 272 Å². The topological polar surface area (TPSA) is 296 Å². The fraction of sp³-hybridized carbons (Fsp3) is 0.629. The second kappa shape index (κ2) is 49.3. The molecule has 0 bridgehead atoms. The summed E-state index contributed by atoms with van der Waals surface area (Å²) in [6, 6.07) is 0. The maximum absolute atomic E-state index is 5.52. The molecule has 0 unspecified atom stereocenters. The van der Waals surface area contributed by atoms with Crippen LogP contribution in [0, 0.1) is 90.0 Å². The Morgan fingerprint density at radius 1 is 0.177 bits per heavy atom. The molecule has 13 aliphatic rings. The molecule has 0 amide bonds. The van der Waals surface area contributed by atoms with Crippen LogP contribution in [0.25, 0.3) is 0 Å². The number of hydrogen-bond acceptors (Lipinski definition) is 23. The van der Waals surface area contributed by atoms with Gasteiger partial charge in [-0.25, -0.2) is 0 Å². The van der Waals surface area contributed by atoms with Crippen molar-refractivity contribution in [2.45, 2.75) is 305 Å². The van der Waals surface area contributed by atoms with Crippen LogP contribution in [0.1, 0.15) is 259 Å². The molecule has 0 saturated carbocycles. The first-order valence-corrected chi connectivity index (χ1v) is 54.1. The summed E-state index contributed by atoms with van der Waals surface area (Å²) in [5.74, 6) is 8.25. The Labute approximate surface area is 847 Å². The molecule has 23 heterocycles. The lowest BCUT2D eigenvalue weighted by Gasteiger charge is -2.11. The van der Waals surface area contributed by atoms with Crippen molar-refractivity contribution in [3.05, 3.63) is 175 Å². The highest BCUT2D eigenvalue weighted by molar-refractivity contribution is 7.99. The van der Waals surface area contributed by atoms with Crippen molar-refractivity contribution in [2.24, 2.45) is 91.6 Å². The standard InChI is InChI=1S/C10H16N2.C9H14N2O.C9H14N2S.C9H14N2.3C8H12N2O.C8H12N2S.C8H12N2.3C7H10N2O.C7H10N2S/c1-8-9-6-4-3-5-7-10(9)11-12(8)2;2*1-7-8-5-3-4-6-12-9(8)10-11(7)2;1-7-8-5-3-4-6-9(8)10-11(7)2;1-6-7-5-11-4-3-8(7)9-10(6)2;1-6-8-7(9-10(6)2)4-3-5-11-8;2*1-6-7-4-3-5-11-8(7)9-10(6)2;1-6-7-4-3-5-8(7)9-10(6)2;1-5-6-3-10-4-7(6)8-9(5)2;1-5-7-6(3-4-10-7)8-9(5)2;2*1-5-6-3-4-10-7(6)8-9(5)2/h3-7H2,1-2H3;2*3-6H2,1-2H3;3-6H2,1-2H3;4*3-5H2,1-2H3;3-5H2,1-2H3;4*3-4H2,1-2H3. The number of aryl methyl sites for hydroxylation is 17. The summed E-state index contributed by atoms with van der Waals surface area (Å²) < 4.78 is 62.8. The molecule has 0 saturated heterocycles. The largest absolute Gasteiger partial charge is 0.490 e. The molecule has 0 radical (unpaired) electrons. The highest BCUT2D eigenvalue weighted by atomic mass is 32.2. The van der Waals surface area contributed by atoms with E-state index < -0.39 is 0 Å². The molecule has 13 aromatic rings. The van der Waals surface area contributed by atoms with Crippen LogP contribution in [0.5, 0.6) is 29.1 Å². The van der Waals surface area contributed by atoms with Gasteiger partial charge in [0.1, 0.15) is 26.5 Å². The molecular formula is C105H158N26O7S3. The van der Waals surface area contributed by atoms with E-state index in [2.05, 4.69) is 142 Å². The zero-order valence-corrected chi connectivity index (χ0v) is 91.9. The van der Waals surface area contributed by atoms with Gasteiger partial charge >= 0.3 is 0 Å². The van der Waals surface area contributed by atoms with Gasteiger partial charge in [0.15, 0.2) is 11.5 Å². The van der Waals surface area contributed by atoms with Crippen LogP contribution in [0.4, 0.5) is 0 Å². The van der Waals surface area contributed by atoms with Crippen molar-refractivity contribution in [1.29, 1.82) is 0 Å². The van der Waals surface area contributed by atoms with E-state index >= 15 is 0 Å². The smallest absolute Gasteiger partial charge is 0.236 e. The van der Waals surface area contributed by atoms with E-state index in [-0.39, 0.29) is 0 Å². The van der Waals surface area contributed by atoms with Gasteiger partial charge in [-0.3, -0.25) is 60.9 Å². The summed E-state index contributed by atoms with van der Waals surface area (Å²) in [5, 5.41) is 60.5. The Morgan fingerprint density at radius 3 is 0.957 bits per heavy atom. The molecule has 36 heteroatoms. The summed E-state index contributed by atoms with van der Waals surface area (Å²) >= 11 is 5.68. The maximum Gasteiger partial charge on any atom is 0.236 e. The molecule has 0 spiro atoms. The predicted octanol–water partition coefficient (Wildman–Crippen LogP) is 16.6. The van der Waals surface area contributed by atoms with Gasteiger partial charge in [-0.2, -0.15) is 51.0 Å². The summed E-state index contributed by atoms with van der Waals surface area (Å²) in [5.41, 5.74) is 40.5. The summed E-state index contributed by atoms with van der Waals surface area (Å²) in [7, 11) is 25.9. The summed E-state index contributed by atoms with van der Waals surface area (Å²) in [4.78, 5) is 0. The molecule has 0 atom stereocenters. The number of aromatic nitrogens is 26. The third kappa shape index (κ3) is 25.7. The second-order valence-electron chi connectivity index (χ2n) is 38.8. The highest BCUT2D eigenvalue weighted by Gasteiger charge is 2.28. The fourth-order valence-electron chi connectivity index (χ4n) is 19.6. The molecular weight excluding hydrogens is 1830 g/mol. The molecule has 0 N–H and O–H groups in total. The third-order valence-electron chi connectivity index (χ3n) is 29.7. The van der Waals surface area contributed by atoms with Gasteiger partial charge < -0.3 is 33.2 Å². The quantitative estimate of drug-likeness (QED) is 0.127. The molecule has 33 nitrogen and oxygen atoms in total. The fourth-order valence-corrected chi connectivity index (χ4v) is 22.9. The number of fused-ring (bicyclic) bond motifs is 13. The minimum atomic E-state index is 0.691. The number of rotatable bonds is 0. The maximum atomic E-state index is 5.52. The van der Waals surface area contributed by atoms with Crippen molar-refractivity contribution in [2.75, 3.05) is 56.9 Å². The first-order valence-electron chi connectivity index (χ1n) is 51.2. The van der Waals surface area contributed by atoms with E-state index in [0.717, 1.165) is 168 Å². The number of hydrogen-bond donors (Lipinski definition) is 0. The van der Waals surface area contributed by atoms with E-state index in [1.165, 1.54) is 301 Å². The van der Waals surface area contributed by atoms with Crippen molar-refractivity contribution in [3.8, 4) is 29.1 Å². The van der Waals surface area contributed by atoms with E-state index in [1.54, 1.807) is 0 Å². The Balaban J connectivity index is 0.000000122. The SMILES string of the molecule is Cc1c2c(nn1C)CCC2.Cc1c2c(nn1C)CCCC2.Cc1c2c(nn1C)CCCCC2.Cc1c2c(nn1C)CCCO2.Cc1c2c(nn1C)CCO2.Cc1c2c(nn1C)CCOC2.Cc1c2c(nn1C)COC2.Cc1c2c(nn1C)OCC2.Cc1c2c(nn1C)OCCC2.Cc1c2c(nn1C)OCCCC2.Cc1c2c(nn1C)SCC2.Cc1c2c(nn1C)SCCC2.Cc1c2c(nn1C)SCCCC2. The average molecular weight is 1990 g/mol. The second-order valence-corrected chi connectivity index (χ2v) is 42.0. The van der Waals surface area contributed by atoms with Crippen LogP contribution in [0.15, 0.2) is 15.1 Å². The summed E-state index contributed by atoms with van der Waals surface area (Å²) in [6.45, 7) is 34.5. The lowest BCUT2D eigenvalue weighted by Crippen LogP contribution is -2.08. The first kappa shape index (κ1) is 106. The van der Waals surface area contributed by atoms with Crippen LogP contribution in [0.2, 0.25) is 0 Å². The average Bonchev–Trinajstić information content (AvgIpc) is 1.66. The van der Waals surface area contributed by atoms with Gasteiger partial charge in [-0.1, -0.05) is 6.42 Å². The number of thioether (sulfide) groups is 3. The van der Waals surface area contributed by atoms with Crippen LogP contribution in [-0.4, -0.2) is 184 Å². The van der Waals surface area contributed by atoms with Crippen molar-refractivity contribution in [3.63, 3.8) is 0 Å². The van der Waals surface area contributed by atoms with Crippen LogP contribution < -0.4 is 23.7 Å². The van der Waals surface area contributed by atoms with Gasteiger partial charge in [0.05, 0.1) is 99.3 Å². The third-order valence-corrected chi connectivity index (χ3v) is 32.9. The lowest BCUT2D eigenvalue weighted by atomic mass is 9.96. The van der Waals surface area contributed by atoms with E-state index in [0.29, 0.717) is 6.61 Å². The molecule has 13 aromatic heterocycles. The zero-order valence-electron chi connectivity index (χ0n) is 89.5. The molecule has 0 aromatic carbocycles. The van der Waals surface area contributed by atoms with E-state index in [1.807, 2.05) is 202 Å². The highest BCUT2D eigenvalue weighted by Crippen LogP contribution is 2.37. The molecule has 0 fully saturated rings. The van der Waals surface area contributed by atoms with Gasteiger partial charge in [-0.15, -0.1) is 50.6 Å². The number of nitrogens with zero attached hydrogens (tertiary/aromatic N) is 26.